The van der Waals surface area contributed by atoms with E-state index in [1.165, 1.54) is 30.2 Å². The highest BCUT2D eigenvalue weighted by Gasteiger charge is 2.26. The summed E-state index contributed by atoms with van der Waals surface area (Å²) in [5.74, 6) is 3.17. The number of hydrogen-bond donors (Lipinski definition) is 1. The van der Waals surface area contributed by atoms with E-state index < -0.39 is 0 Å². The molecule has 1 aliphatic rings. The third-order valence-corrected chi connectivity index (χ3v) is 4.86. The summed E-state index contributed by atoms with van der Waals surface area (Å²) in [7, 11) is 0. The van der Waals surface area contributed by atoms with Crippen LogP contribution in [0.1, 0.15) is 24.8 Å². The number of para-hydroxylation sites is 1. The van der Waals surface area contributed by atoms with Crippen LogP contribution in [-0.2, 0) is 0 Å². The lowest BCUT2D eigenvalue weighted by atomic mass is 9.98. The van der Waals surface area contributed by atoms with Gasteiger partial charge in [-0.2, -0.15) is 0 Å². The van der Waals surface area contributed by atoms with Crippen molar-refractivity contribution >= 4 is 28.3 Å². The summed E-state index contributed by atoms with van der Waals surface area (Å²) in [5.41, 5.74) is 2.27. The van der Waals surface area contributed by atoms with Crippen LogP contribution in [0.3, 0.4) is 0 Å². The Morgan fingerprint density at radius 1 is 1.25 bits per heavy atom. The molecule has 0 bridgehead atoms. The lowest BCUT2D eigenvalue weighted by Gasteiger charge is -2.19. The van der Waals surface area contributed by atoms with Crippen molar-refractivity contribution in [2.24, 2.45) is 11.8 Å². The van der Waals surface area contributed by atoms with E-state index >= 15 is 0 Å². The lowest BCUT2D eigenvalue weighted by Crippen LogP contribution is -2.20. The molecule has 20 heavy (non-hydrogen) atoms. The second-order valence-corrected chi connectivity index (χ2v) is 6.14. The van der Waals surface area contributed by atoms with Gasteiger partial charge in [-0.25, -0.2) is 4.98 Å². The van der Waals surface area contributed by atoms with Gasteiger partial charge in [-0.3, -0.25) is 0 Å². The number of alkyl halides is 1. The molecule has 0 amide bonds. The van der Waals surface area contributed by atoms with Gasteiger partial charge in [-0.1, -0.05) is 24.6 Å². The van der Waals surface area contributed by atoms with E-state index in [9.17, 15) is 0 Å². The zero-order valence-corrected chi connectivity index (χ0v) is 12.7. The van der Waals surface area contributed by atoms with Crippen LogP contribution in [0.4, 0.5) is 5.82 Å². The molecule has 1 aromatic carbocycles. The Bertz CT molecular complexity index is 597. The zero-order valence-electron chi connectivity index (χ0n) is 11.9. The Hall–Kier alpha value is -1.28. The molecule has 1 heterocycles. The predicted octanol–water partition coefficient (Wildman–Crippen LogP) is 4.61. The fourth-order valence-electron chi connectivity index (χ4n) is 3.21. The van der Waals surface area contributed by atoms with Crippen LogP contribution >= 0.6 is 11.6 Å². The number of hydrogen-bond acceptors (Lipinski definition) is 2. The van der Waals surface area contributed by atoms with Gasteiger partial charge in [0.05, 0.1) is 5.52 Å². The normalized spacial score (nSPS) is 22.3. The van der Waals surface area contributed by atoms with Crippen molar-refractivity contribution in [3.05, 3.63) is 35.9 Å². The van der Waals surface area contributed by atoms with Crippen LogP contribution in [-0.4, -0.2) is 17.4 Å². The van der Waals surface area contributed by atoms with E-state index in [2.05, 4.69) is 36.5 Å². The maximum Gasteiger partial charge on any atom is 0.129 e. The van der Waals surface area contributed by atoms with Gasteiger partial charge >= 0.3 is 0 Å². The number of halogens is 1. The number of fused-ring (bicyclic) bond motifs is 1. The fourth-order valence-corrected chi connectivity index (χ4v) is 3.62. The van der Waals surface area contributed by atoms with Gasteiger partial charge in [0.15, 0.2) is 0 Å². The monoisotopic (exact) mass is 288 g/mol. The van der Waals surface area contributed by atoms with E-state index in [1.54, 1.807) is 0 Å². The van der Waals surface area contributed by atoms with Gasteiger partial charge in [0.2, 0.25) is 0 Å². The predicted molar refractivity (Wildman–Crippen MR) is 86.5 cm³/mol. The highest BCUT2D eigenvalue weighted by Crippen LogP contribution is 2.33. The van der Waals surface area contributed by atoms with E-state index in [0.29, 0.717) is 11.8 Å². The van der Waals surface area contributed by atoms with Crippen molar-refractivity contribution in [3.63, 3.8) is 0 Å². The Kier molecular flexibility index (Phi) is 4.11. The molecule has 1 aliphatic carbocycles. The van der Waals surface area contributed by atoms with Crippen molar-refractivity contribution in [1.29, 1.82) is 0 Å². The highest BCUT2D eigenvalue weighted by atomic mass is 35.5. The van der Waals surface area contributed by atoms with Crippen molar-refractivity contribution < 1.29 is 0 Å². The van der Waals surface area contributed by atoms with Crippen molar-refractivity contribution in [2.75, 3.05) is 17.7 Å². The third-order valence-electron chi connectivity index (χ3n) is 4.46. The molecule has 0 aliphatic heterocycles. The first-order valence-electron chi connectivity index (χ1n) is 7.44. The molecule has 1 saturated carbocycles. The van der Waals surface area contributed by atoms with E-state index in [-0.39, 0.29) is 0 Å². The first kappa shape index (κ1) is 13.7. The summed E-state index contributed by atoms with van der Waals surface area (Å²) in [6.07, 6.45) is 3.88. The first-order valence-corrected chi connectivity index (χ1v) is 7.97. The highest BCUT2D eigenvalue weighted by molar-refractivity contribution is 6.18. The lowest BCUT2D eigenvalue weighted by molar-refractivity contribution is 0.444. The van der Waals surface area contributed by atoms with Gasteiger partial charge in [0, 0.05) is 17.8 Å². The number of aryl methyl sites for hydroxylation is 1. The summed E-state index contributed by atoms with van der Waals surface area (Å²) in [6, 6.07) is 10.5. The topological polar surface area (TPSA) is 24.9 Å². The number of pyridine rings is 1. The van der Waals surface area contributed by atoms with Crippen LogP contribution in [0, 0.1) is 18.8 Å². The van der Waals surface area contributed by atoms with E-state index in [1.807, 2.05) is 6.07 Å². The minimum atomic E-state index is 0.671. The van der Waals surface area contributed by atoms with E-state index in [0.717, 1.165) is 23.8 Å². The minimum absolute atomic E-state index is 0.671. The Labute approximate surface area is 125 Å². The van der Waals surface area contributed by atoms with Gasteiger partial charge in [-0.15, -0.1) is 11.6 Å². The summed E-state index contributed by atoms with van der Waals surface area (Å²) < 4.78 is 0. The molecule has 2 aromatic rings. The Morgan fingerprint density at radius 2 is 2.05 bits per heavy atom. The Balaban J connectivity index is 1.75. The summed E-state index contributed by atoms with van der Waals surface area (Å²) in [6.45, 7) is 3.11. The zero-order chi connectivity index (χ0) is 13.9. The first-order chi connectivity index (χ1) is 9.78. The molecule has 2 unspecified atom stereocenters. The van der Waals surface area contributed by atoms with E-state index in [4.69, 9.17) is 16.6 Å². The molecular weight excluding hydrogens is 268 g/mol. The fraction of sp³-hybridized carbons (Fsp3) is 0.471. The smallest absolute Gasteiger partial charge is 0.129 e. The molecule has 0 saturated heterocycles. The number of nitrogens with zero attached hydrogens (tertiary/aromatic N) is 1. The van der Waals surface area contributed by atoms with Crippen LogP contribution in [0.5, 0.6) is 0 Å². The number of nitrogens with one attached hydrogen (secondary N) is 1. The molecule has 3 heteroatoms. The maximum atomic E-state index is 6.05. The molecule has 2 atom stereocenters. The number of aromatic nitrogens is 1. The van der Waals surface area contributed by atoms with Gasteiger partial charge in [0.1, 0.15) is 5.82 Å². The number of rotatable bonds is 4. The molecule has 1 N–H and O–H groups in total. The molecule has 2 nitrogen and oxygen atoms in total. The molecule has 106 valence electrons. The SMILES string of the molecule is Cc1cc2ccccc2nc1NCC1CCCC1CCl. The van der Waals surface area contributed by atoms with Crippen LogP contribution in [0.15, 0.2) is 30.3 Å². The molecule has 1 aromatic heterocycles. The number of anilines is 1. The summed E-state index contributed by atoms with van der Waals surface area (Å²) >= 11 is 6.05. The van der Waals surface area contributed by atoms with Crippen molar-refractivity contribution in [2.45, 2.75) is 26.2 Å². The molecule has 3 rings (SSSR count). The standard InChI is InChI=1S/C17H21ClN2/c1-12-9-13-5-2-3-8-16(13)20-17(12)19-11-15-7-4-6-14(15)10-18/h2-3,5,8-9,14-15H,4,6-7,10-11H2,1H3,(H,19,20). The molecular formula is C17H21ClN2. The second kappa shape index (κ2) is 6.01. The minimum Gasteiger partial charge on any atom is -0.370 e. The average molecular weight is 289 g/mol. The summed E-state index contributed by atoms with van der Waals surface area (Å²) in [5, 5.41) is 4.75. The van der Waals surface area contributed by atoms with Gasteiger partial charge < -0.3 is 5.32 Å². The van der Waals surface area contributed by atoms with Gasteiger partial charge in [0.25, 0.3) is 0 Å². The number of benzene rings is 1. The van der Waals surface area contributed by atoms with Crippen molar-refractivity contribution in [3.8, 4) is 0 Å². The maximum absolute atomic E-state index is 6.05. The van der Waals surface area contributed by atoms with Crippen LogP contribution < -0.4 is 5.32 Å². The molecule has 1 fully saturated rings. The second-order valence-electron chi connectivity index (χ2n) is 5.83. The van der Waals surface area contributed by atoms with Crippen LogP contribution in [0.2, 0.25) is 0 Å². The third kappa shape index (κ3) is 2.76. The van der Waals surface area contributed by atoms with Crippen LogP contribution in [0.25, 0.3) is 10.9 Å². The van der Waals surface area contributed by atoms with Gasteiger partial charge in [-0.05, 0) is 49.3 Å². The molecule has 0 spiro atoms. The largest absolute Gasteiger partial charge is 0.370 e. The summed E-state index contributed by atoms with van der Waals surface area (Å²) in [4.78, 5) is 4.74. The molecule has 0 radical (unpaired) electrons. The Morgan fingerprint density at radius 3 is 2.90 bits per heavy atom. The quantitative estimate of drug-likeness (QED) is 0.831. The van der Waals surface area contributed by atoms with Crippen molar-refractivity contribution in [1.82, 2.24) is 4.98 Å². The average Bonchev–Trinajstić information content (AvgIpc) is 2.92.